The highest BCUT2D eigenvalue weighted by Gasteiger charge is 2.11. The quantitative estimate of drug-likeness (QED) is 0.758. The number of benzene rings is 1. The van der Waals surface area contributed by atoms with Gasteiger partial charge >= 0.3 is 0 Å². The average molecular weight is 254 g/mol. The van der Waals surface area contributed by atoms with Gasteiger partial charge in [0, 0.05) is 42.9 Å². The first-order valence-corrected chi connectivity index (χ1v) is 7.10. The van der Waals surface area contributed by atoms with Gasteiger partial charge in [0.2, 0.25) is 0 Å². The lowest BCUT2D eigenvalue weighted by Crippen LogP contribution is -2.28. The third-order valence-electron chi connectivity index (χ3n) is 2.82. The number of rotatable bonds is 7. The van der Waals surface area contributed by atoms with Crippen LogP contribution in [-0.4, -0.2) is 33.1 Å². The van der Waals surface area contributed by atoms with Crippen molar-refractivity contribution in [2.45, 2.75) is 18.4 Å². The summed E-state index contributed by atoms with van der Waals surface area (Å²) in [6, 6.07) is 6.36. The first-order chi connectivity index (χ1) is 8.28. The highest BCUT2D eigenvalue weighted by atomic mass is 32.2. The number of methoxy groups -OCH3 is 1. The molecule has 0 spiro atoms. The van der Waals surface area contributed by atoms with Crippen molar-refractivity contribution < 1.29 is 4.74 Å². The number of hydrogen-bond donors (Lipinski definition) is 1. The Labute approximate surface area is 108 Å². The number of hydrogen-bond acceptors (Lipinski definition) is 4. The summed E-state index contributed by atoms with van der Waals surface area (Å²) in [5.41, 5.74) is 8.35. The molecule has 0 aliphatic heterocycles. The van der Waals surface area contributed by atoms with Crippen molar-refractivity contribution in [3.05, 3.63) is 23.8 Å². The number of ether oxygens (including phenoxy) is 1. The van der Waals surface area contributed by atoms with Gasteiger partial charge in [-0.3, -0.25) is 0 Å². The molecule has 0 saturated heterocycles. The Hall–Kier alpha value is -0.710. The molecule has 0 radical (unpaired) electrons. The second-order valence-electron chi connectivity index (χ2n) is 3.73. The minimum absolute atomic E-state index is 0.579. The largest absolute Gasteiger partial charge is 0.383 e. The zero-order chi connectivity index (χ0) is 12.7. The fraction of sp³-hybridized carbons (Fsp3) is 0.538. The maximum absolute atomic E-state index is 5.88. The fourth-order valence-corrected chi connectivity index (χ4v) is 2.55. The molecule has 1 aromatic carbocycles. The van der Waals surface area contributed by atoms with Gasteiger partial charge in [0.05, 0.1) is 6.61 Å². The lowest BCUT2D eigenvalue weighted by Gasteiger charge is -2.26. The van der Waals surface area contributed by atoms with Gasteiger partial charge in [-0.25, -0.2) is 0 Å². The van der Waals surface area contributed by atoms with Gasteiger partial charge in [0.1, 0.15) is 0 Å². The molecule has 0 fully saturated rings. The molecule has 1 aromatic rings. The van der Waals surface area contributed by atoms with Crippen LogP contribution in [0.4, 0.5) is 5.69 Å². The van der Waals surface area contributed by atoms with Gasteiger partial charge in [0.25, 0.3) is 0 Å². The van der Waals surface area contributed by atoms with Crippen molar-refractivity contribution in [1.82, 2.24) is 0 Å². The molecule has 96 valence electrons. The molecule has 4 heteroatoms. The van der Waals surface area contributed by atoms with E-state index in [2.05, 4.69) is 36.3 Å². The van der Waals surface area contributed by atoms with E-state index in [1.54, 1.807) is 18.9 Å². The molecule has 0 atom stereocenters. The molecule has 1 rings (SSSR count). The van der Waals surface area contributed by atoms with E-state index in [4.69, 9.17) is 10.5 Å². The van der Waals surface area contributed by atoms with Crippen molar-refractivity contribution in [3.63, 3.8) is 0 Å². The molecule has 0 saturated carbocycles. The van der Waals surface area contributed by atoms with Gasteiger partial charge in [-0.1, -0.05) is 6.07 Å². The third kappa shape index (κ3) is 3.63. The summed E-state index contributed by atoms with van der Waals surface area (Å²) in [6.07, 6.45) is 2.09. The van der Waals surface area contributed by atoms with Gasteiger partial charge in [-0.05, 0) is 25.3 Å². The Morgan fingerprint density at radius 1 is 1.41 bits per heavy atom. The van der Waals surface area contributed by atoms with Gasteiger partial charge in [0.15, 0.2) is 0 Å². The normalized spacial score (nSPS) is 10.6. The average Bonchev–Trinajstić information content (AvgIpc) is 2.39. The SMILES string of the molecule is CCN(CCOC)c1cccc(SC)c1CN. The van der Waals surface area contributed by atoms with Crippen molar-refractivity contribution in [2.75, 3.05) is 38.0 Å². The Morgan fingerprint density at radius 3 is 2.71 bits per heavy atom. The Bertz CT molecular complexity index is 344. The third-order valence-corrected chi connectivity index (χ3v) is 3.64. The van der Waals surface area contributed by atoms with Crippen LogP contribution in [0.15, 0.2) is 23.1 Å². The van der Waals surface area contributed by atoms with Crippen LogP contribution in [-0.2, 0) is 11.3 Å². The molecule has 17 heavy (non-hydrogen) atoms. The second-order valence-corrected chi connectivity index (χ2v) is 4.58. The number of likely N-dealkylation sites (N-methyl/N-ethyl adjacent to an activating group) is 1. The topological polar surface area (TPSA) is 38.5 Å². The molecule has 0 aliphatic carbocycles. The van der Waals surface area contributed by atoms with Gasteiger partial charge in [-0.2, -0.15) is 0 Å². The molecule has 0 unspecified atom stereocenters. The number of anilines is 1. The Morgan fingerprint density at radius 2 is 2.18 bits per heavy atom. The maximum Gasteiger partial charge on any atom is 0.0637 e. The minimum Gasteiger partial charge on any atom is -0.383 e. The minimum atomic E-state index is 0.579. The van der Waals surface area contributed by atoms with Crippen LogP contribution >= 0.6 is 11.8 Å². The predicted octanol–water partition coefficient (Wildman–Crippen LogP) is 2.34. The summed E-state index contributed by atoms with van der Waals surface area (Å²) in [4.78, 5) is 3.58. The van der Waals surface area contributed by atoms with E-state index in [9.17, 15) is 0 Å². The first kappa shape index (κ1) is 14.4. The summed E-state index contributed by atoms with van der Waals surface area (Å²) in [6.45, 7) is 5.34. The lowest BCUT2D eigenvalue weighted by molar-refractivity contribution is 0.205. The van der Waals surface area contributed by atoms with Crippen LogP contribution in [0.1, 0.15) is 12.5 Å². The molecule has 0 aliphatic rings. The van der Waals surface area contributed by atoms with E-state index >= 15 is 0 Å². The molecular formula is C13H22N2OS. The Balaban J connectivity index is 3.00. The molecule has 0 bridgehead atoms. The molecular weight excluding hydrogens is 232 g/mol. The van der Waals surface area contributed by atoms with E-state index in [-0.39, 0.29) is 0 Å². The van der Waals surface area contributed by atoms with Crippen molar-refractivity contribution >= 4 is 17.4 Å². The standard InChI is InChI=1S/C13H22N2OS/c1-4-15(8-9-16-2)12-6-5-7-13(17-3)11(12)10-14/h5-7H,4,8-10,14H2,1-3H3. The van der Waals surface area contributed by atoms with Crippen LogP contribution in [0.3, 0.4) is 0 Å². The van der Waals surface area contributed by atoms with Crippen molar-refractivity contribution in [2.24, 2.45) is 5.73 Å². The number of thioether (sulfide) groups is 1. The zero-order valence-corrected chi connectivity index (χ0v) is 11.7. The van der Waals surface area contributed by atoms with Gasteiger partial charge in [-0.15, -0.1) is 11.8 Å². The number of nitrogens with two attached hydrogens (primary N) is 1. The summed E-state index contributed by atoms with van der Waals surface area (Å²) < 4.78 is 5.15. The van der Waals surface area contributed by atoms with Gasteiger partial charge < -0.3 is 15.4 Å². The summed E-state index contributed by atoms with van der Waals surface area (Å²) in [7, 11) is 1.73. The maximum atomic E-state index is 5.88. The van der Waals surface area contributed by atoms with E-state index in [0.717, 1.165) is 19.7 Å². The summed E-state index contributed by atoms with van der Waals surface area (Å²) in [5.74, 6) is 0. The summed E-state index contributed by atoms with van der Waals surface area (Å²) >= 11 is 1.75. The Kier molecular flexibility index (Phi) is 6.40. The van der Waals surface area contributed by atoms with Crippen LogP contribution in [0.25, 0.3) is 0 Å². The smallest absolute Gasteiger partial charge is 0.0637 e. The van der Waals surface area contributed by atoms with E-state index in [1.807, 2.05) is 0 Å². The molecule has 2 N–H and O–H groups in total. The monoisotopic (exact) mass is 254 g/mol. The van der Waals surface area contributed by atoms with Crippen molar-refractivity contribution in [1.29, 1.82) is 0 Å². The van der Waals surface area contributed by atoms with Crippen LogP contribution < -0.4 is 10.6 Å². The lowest BCUT2D eigenvalue weighted by atomic mass is 10.1. The van der Waals surface area contributed by atoms with Crippen LogP contribution in [0.5, 0.6) is 0 Å². The molecule has 0 heterocycles. The molecule has 0 aromatic heterocycles. The number of nitrogens with zero attached hydrogens (tertiary/aromatic N) is 1. The molecule has 0 amide bonds. The van der Waals surface area contributed by atoms with E-state index in [1.165, 1.54) is 16.1 Å². The highest BCUT2D eigenvalue weighted by molar-refractivity contribution is 7.98. The summed E-state index contributed by atoms with van der Waals surface area (Å²) in [5, 5.41) is 0. The van der Waals surface area contributed by atoms with Crippen molar-refractivity contribution in [3.8, 4) is 0 Å². The molecule has 3 nitrogen and oxygen atoms in total. The van der Waals surface area contributed by atoms with E-state index < -0.39 is 0 Å². The predicted molar refractivity (Wildman–Crippen MR) is 75.9 cm³/mol. The second kappa shape index (κ2) is 7.58. The first-order valence-electron chi connectivity index (χ1n) is 5.88. The van der Waals surface area contributed by atoms with Crippen LogP contribution in [0.2, 0.25) is 0 Å². The van der Waals surface area contributed by atoms with E-state index in [0.29, 0.717) is 6.54 Å². The highest BCUT2D eigenvalue weighted by Crippen LogP contribution is 2.29. The fourth-order valence-electron chi connectivity index (χ4n) is 1.90. The van der Waals surface area contributed by atoms with Crippen LogP contribution in [0, 0.1) is 0 Å². The zero-order valence-electron chi connectivity index (χ0n) is 10.9.